The maximum absolute atomic E-state index is 7.39. The molecule has 1 aromatic carbocycles. The number of hydrogen-bond donors (Lipinski definition) is 2. The third-order valence-corrected chi connectivity index (χ3v) is 3.84. The van der Waals surface area contributed by atoms with Gasteiger partial charge in [0, 0.05) is 30.3 Å². The standard InChI is InChI=1S/C14H18N2O2/c15-9-12-6-11-8-14(17-4-5-18-14)3-1-2-10(11)7-13(12)16/h6-7,9,15H,1-5,8,16H2. The van der Waals surface area contributed by atoms with Crippen molar-refractivity contribution in [3.05, 3.63) is 28.8 Å². The molecule has 1 aromatic rings. The van der Waals surface area contributed by atoms with E-state index < -0.39 is 5.79 Å². The zero-order valence-electron chi connectivity index (χ0n) is 10.4. The summed E-state index contributed by atoms with van der Waals surface area (Å²) in [6, 6.07) is 4.01. The molecule has 3 N–H and O–H groups in total. The maximum Gasteiger partial charge on any atom is 0.172 e. The second-order valence-corrected chi connectivity index (χ2v) is 5.03. The monoisotopic (exact) mass is 246 g/mol. The predicted molar refractivity (Wildman–Crippen MR) is 70.0 cm³/mol. The molecule has 18 heavy (non-hydrogen) atoms. The number of ether oxygens (including phenoxy) is 2. The minimum Gasteiger partial charge on any atom is -0.398 e. The largest absolute Gasteiger partial charge is 0.398 e. The fourth-order valence-electron chi connectivity index (χ4n) is 2.92. The molecule has 0 amide bonds. The topological polar surface area (TPSA) is 68.3 Å². The molecule has 1 fully saturated rings. The van der Waals surface area contributed by atoms with Crippen molar-refractivity contribution >= 4 is 11.9 Å². The molecule has 0 bridgehead atoms. The van der Waals surface area contributed by atoms with Crippen LogP contribution in [0.1, 0.15) is 29.5 Å². The molecule has 96 valence electrons. The summed E-state index contributed by atoms with van der Waals surface area (Å²) in [5.41, 5.74) is 9.89. The van der Waals surface area contributed by atoms with Crippen molar-refractivity contribution in [2.24, 2.45) is 0 Å². The Labute approximate surface area is 107 Å². The van der Waals surface area contributed by atoms with Gasteiger partial charge >= 0.3 is 0 Å². The van der Waals surface area contributed by atoms with Gasteiger partial charge in [0.05, 0.1) is 13.2 Å². The van der Waals surface area contributed by atoms with Crippen LogP contribution in [0.2, 0.25) is 0 Å². The van der Waals surface area contributed by atoms with Gasteiger partial charge in [-0.2, -0.15) is 0 Å². The molecule has 4 nitrogen and oxygen atoms in total. The predicted octanol–water partition coefficient (Wildman–Crippen LogP) is 1.89. The summed E-state index contributed by atoms with van der Waals surface area (Å²) in [5.74, 6) is -0.430. The van der Waals surface area contributed by atoms with E-state index in [1.165, 1.54) is 17.3 Å². The normalized spacial score (nSPS) is 21.6. The number of nitrogen functional groups attached to an aromatic ring is 1. The van der Waals surface area contributed by atoms with E-state index in [9.17, 15) is 0 Å². The molecule has 1 aliphatic heterocycles. The van der Waals surface area contributed by atoms with Crippen molar-refractivity contribution in [3.8, 4) is 0 Å². The summed E-state index contributed by atoms with van der Waals surface area (Å²) in [4.78, 5) is 0. The minimum absolute atomic E-state index is 0.430. The van der Waals surface area contributed by atoms with Crippen LogP contribution in [0.5, 0.6) is 0 Å². The molecule has 1 spiro atoms. The third kappa shape index (κ3) is 1.91. The first-order chi connectivity index (χ1) is 8.72. The van der Waals surface area contributed by atoms with E-state index in [0.29, 0.717) is 18.9 Å². The quantitative estimate of drug-likeness (QED) is 0.587. The van der Waals surface area contributed by atoms with Gasteiger partial charge < -0.3 is 20.6 Å². The lowest BCUT2D eigenvalue weighted by Gasteiger charge is -2.26. The minimum atomic E-state index is -0.430. The van der Waals surface area contributed by atoms with Crippen molar-refractivity contribution < 1.29 is 9.47 Å². The molecule has 4 heteroatoms. The highest BCUT2D eigenvalue weighted by molar-refractivity contribution is 5.85. The van der Waals surface area contributed by atoms with Gasteiger partial charge in [-0.3, -0.25) is 0 Å². The maximum atomic E-state index is 7.39. The lowest BCUT2D eigenvalue weighted by Crippen LogP contribution is -2.32. The fraction of sp³-hybridized carbons (Fsp3) is 0.500. The number of rotatable bonds is 1. The van der Waals surface area contributed by atoms with Gasteiger partial charge in [0.1, 0.15) is 0 Å². The van der Waals surface area contributed by atoms with Crippen LogP contribution in [0.3, 0.4) is 0 Å². The van der Waals surface area contributed by atoms with Crippen molar-refractivity contribution in [2.75, 3.05) is 18.9 Å². The summed E-state index contributed by atoms with van der Waals surface area (Å²) in [6.45, 7) is 1.36. The third-order valence-electron chi connectivity index (χ3n) is 3.84. The van der Waals surface area contributed by atoms with Gasteiger partial charge in [0.2, 0.25) is 0 Å². The molecule has 3 rings (SSSR count). The molecular weight excluding hydrogens is 228 g/mol. The van der Waals surface area contributed by atoms with E-state index in [0.717, 1.165) is 31.2 Å². The number of nitrogens with one attached hydrogen (secondary N) is 1. The Morgan fingerprint density at radius 1 is 1.22 bits per heavy atom. The van der Waals surface area contributed by atoms with E-state index in [4.69, 9.17) is 20.6 Å². The highest BCUT2D eigenvalue weighted by Gasteiger charge is 2.38. The first kappa shape index (κ1) is 11.7. The zero-order valence-corrected chi connectivity index (χ0v) is 10.4. The van der Waals surface area contributed by atoms with Crippen molar-refractivity contribution in [2.45, 2.75) is 31.5 Å². The Hall–Kier alpha value is -1.39. The fourth-order valence-corrected chi connectivity index (χ4v) is 2.92. The SMILES string of the molecule is N=Cc1cc2c(cc1N)CCCC1(C2)OCCO1. The van der Waals surface area contributed by atoms with Gasteiger partial charge in [0.15, 0.2) is 5.79 Å². The van der Waals surface area contributed by atoms with Crippen LogP contribution in [0.4, 0.5) is 5.69 Å². The van der Waals surface area contributed by atoms with E-state index in [1.54, 1.807) is 0 Å². The van der Waals surface area contributed by atoms with Crippen LogP contribution in [-0.4, -0.2) is 25.2 Å². The highest BCUT2D eigenvalue weighted by Crippen LogP contribution is 2.35. The molecule has 0 aromatic heterocycles. The van der Waals surface area contributed by atoms with E-state index in [1.807, 2.05) is 12.1 Å². The van der Waals surface area contributed by atoms with Crippen LogP contribution in [0.15, 0.2) is 12.1 Å². The van der Waals surface area contributed by atoms with Crippen LogP contribution in [0.25, 0.3) is 0 Å². The molecule has 1 aliphatic carbocycles. The number of nitrogens with two attached hydrogens (primary N) is 1. The second-order valence-electron chi connectivity index (χ2n) is 5.03. The van der Waals surface area contributed by atoms with Gasteiger partial charge in [-0.25, -0.2) is 0 Å². The zero-order chi connectivity index (χ0) is 12.6. The Balaban J connectivity index is 2.00. The second kappa shape index (κ2) is 4.37. The molecular formula is C14H18N2O2. The van der Waals surface area contributed by atoms with Crippen LogP contribution < -0.4 is 5.73 Å². The first-order valence-electron chi connectivity index (χ1n) is 6.42. The Kier molecular flexibility index (Phi) is 2.84. The van der Waals surface area contributed by atoms with Gasteiger partial charge in [-0.05, 0) is 36.1 Å². The molecule has 1 heterocycles. The number of fused-ring (bicyclic) bond motifs is 1. The van der Waals surface area contributed by atoms with Crippen LogP contribution in [0, 0.1) is 5.41 Å². The number of hydrogen-bond acceptors (Lipinski definition) is 4. The summed E-state index contributed by atoms with van der Waals surface area (Å²) in [6.07, 6.45) is 5.07. The van der Waals surface area contributed by atoms with Gasteiger partial charge in [-0.15, -0.1) is 0 Å². The van der Waals surface area contributed by atoms with Crippen LogP contribution >= 0.6 is 0 Å². The summed E-state index contributed by atoms with van der Waals surface area (Å²) in [7, 11) is 0. The number of aryl methyl sites for hydroxylation is 1. The molecule has 0 atom stereocenters. The van der Waals surface area contributed by atoms with Crippen LogP contribution in [-0.2, 0) is 22.3 Å². The van der Waals surface area contributed by atoms with Crippen molar-refractivity contribution in [1.82, 2.24) is 0 Å². The molecule has 0 unspecified atom stereocenters. The average molecular weight is 246 g/mol. The molecule has 2 aliphatic rings. The summed E-state index contributed by atoms with van der Waals surface area (Å²) >= 11 is 0. The Bertz CT molecular complexity index is 479. The summed E-state index contributed by atoms with van der Waals surface area (Å²) in [5, 5.41) is 7.39. The van der Waals surface area contributed by atoms with Crippen molar-refractivity contribution in [3.63, 3.8) is 0 Å². The molecule has 0 saturated carbocycles. The number of benzene rings is 1. The Morgan fingerprint density at radius 2 is 2.00 bits per heavy atom. The Morgan fingerprint density at radius 3 is 2.72 bits per heavy atom. The lowest BCUT2D eigenvalue weighted by molar-refractivity contribution is -0.160. The van der Waals surface area contributed by atoms with Gasteiger partial charge in [-0.1, -0.05) is 0 Å². The number of anilines is 1. The smallest absolute Gasteiger partial charge is 0.172 e. The highest BCUT2D eigenvalue weighted by atomic mass is 16.7. The molecule has 0 radical (unpaired) electrons. The van der Waals surface area contributed by atoms with Gasteiger partial charge in [0.25, 0.3) is 0 Å². The first-order valence-corrected chi connectivity index (χ1v) is 6.42. The van der Waals surface area contributed by atoms with Crippen molar-refractivity contribution in [1.29, 1.82) is 5.41 Å². The lowest BCUT2D eigenvalue weighted by atomic mass is 9.97. The van der Waals surface area contributed by atoms with E-state index >= 15 is 0 Å². The summed E-state index contributed by atoms with van der Waals surface area (Å²) < 4.78 is 11.6. The van der Waals surface area contributed by atoms with E-state index in [-0.39, 0.29) is 0 Å². The molecule has 1 saturated heterocycles. The van der Waals surface area contributed by atoms with E-state index in [2.05, 4.69) is 0 Å². The average Bonchev–Trinajstić information content (AvgIpc) is 2.73.